The summed E-state index contributed by atoms with van der Waals surface area (Å²) in [5.41, 5.74) is 2.75. The number of benzene rings is 1. The standard InChI is InChI=1S/C15H17BrN2O2/c1-10-13(11(2)20-17-10)8-15(19)18(3)9-12-6-4-5-7-14(12)16/h4-7H,8-9H2,1-3H3. The Bertz CT molecular complexity index is 603. The largest absolute Gasteiger partial charge is 0.361 e. The number of halogens is 1. The van der Waals surface area contributed by atoms with Gasteiger partial charge in [0.2, 0.25) is 5.91 Å². The maximum Gasteiger partial charge on any atom is 0.227 e. The highest BCUT2D eigenvalue weighted by Crippen LogP contribution is 2.18. The van der Waals surface area contributed by atoms with Crippen LogP contribution in [0, 0.1) is 13.8 Å². The summed E-state index contributed by atoms with van der Waals surface area (Å²) >= 11 is 3.49. The molecule has 0 saturated carbocycles. The molecule has 0 saturated heterocycles. The van der Waals surface area contributed by atoms with Crippen LogP contribution in [0.2, 0.25) is 0 Å². The highest BCUT2D eigenvalue weighted by molar-refractivity contribution is 9.10. The van der Waals surface area contributed by atoms with Crippen molar-refractivity contribution in [2.75, 3.05) is 7.05 Å². The monoisotopic (exact) mass is 336 g/mol. The van der Waals surface area contributed by atoms with Crippen molar-refractivity contribution in [1.82, 2.24) is 10.1 Å². The first kappa shape index (κ1) is 14.8. The summed E-state index contributed by atoms with van der Waals surface area (Å²) in [7, 11) is 1.81. The molecule has 0 radical (unpaired) electrons. The van der Waals surface area contributed by atoms with Crippen LogP contribution in [0.3, 0.4) is 0 Å². The van der Waals surface area contributed by atoms with Crippen LogP contribution >= 0.6 is 15.9 Å². The van der Waals surface area contributed by atoms with Gasteiger partial charge >= 0.3 is 0 Å². The van der Waals surface area contributed by atoms with Crippen LogP contribution in [-0.2, 0) is 17.8 Å². The molecular formula is C15H17BrN2O2. The lowest BCUT2D eigenvalue weighted by molar-refractivity contribution is -0.129. The van der Waals surface area contributed by atoms with Gasteiger partial charge in [-0.25, -0.2) is 0 Å². The van der Waals surface area contributed by atoms with Crippen LogP contribution in [0.15, 0.2) is 33.3 Å². The van der Waals surface area contributed by atoms with Crippen molar-refractivity contribution in [3.05, 3.63) is 51.3 Å². The van der Waals surface area contributed by atoms with E-state index in [1.165, 1.54) is 0 Å². The normalized spacial score (nSPS) is 10.6. The van der Waals surface area contributed by atoms with E-state index >= 15 is 0 Å². The lowest BCUT2D eigenvalue weighted by Gasteiger charge is -2.18. The quantitative estimate of drug-likeness (QED) is 0.860. The molecule has 0 unspecified atom stereocenters. The van der Waals surface area contributed by atoms with Gasteiger partial charge in [-0.1, -0.05) is 39.3 Å². The van der Waals surface area contributed by atoms with E-state index < -0.39 is 0 Å². The zero-order valence-electron chi connectivity index (χ0n) is 11.8. The van der Waals surface area contributed by atoms with Gasteiger partial charge in [0.05, 0.1) is 12.1 Å². The third kappa shape index (κ3) is 3.28. The molecule has 0 N–H and O–H groups in total. The van der Waals surface area contributed by atoms with E-state index in [0.29, 0.717) is 18.7 Å². The number of nitrogens with zero attached hydrogens (tertiary/aromatic N) is 2. The van der Waals surface area contributed by atoms with E-state index in [4.69, 9.17) is 4.52 Å². The second-order valence-corrected chi connectivity index (χ2v) is 5.68. The lowest BCUT2D eigenvalue weighted by atomic mass is 10.1. The molecule has 0 atom stereocenters. The van der Waals surface area contributed by atoms with Gasteiger partial charge in [0, 0.05) is 23.6 Å². The fourth-order valence-corrected chi connectivity index (χ4v) is 2.42. The summed E-state index contributed by atoms with van der Waals surface area (Å²) in [6, 6.07) is 7.90. The van der Waals surface area contributed by atoms with Crippen LogP contribution in [0.1, 0.15) is 22.6 Å². The molecule has 0 spiro atoms. The highest BCUT2D eigenvalue weighted by atomic mass is 79.9. The minimum absolute atomic E-state index is 0.0511. The molecule has 1 aromatic carbocycles. The Morgan fingerprint density at radius 2 is 2.05 bits per heavy atom. The summed E-state index contributed by atoms with van der Waals surface area (Å²) in [6.07, 6.45) is 0.322. The molecule has 0 fully saturated rings. The summed E-state index contributed by atoms with van der Waals surface area (Å²) in [6.45, 7) is 4.26. The Morgan fingerprint density at radius 1 is 1.35 bits per heavy atom. The Labute approximate surface area is 126 Å². The van der Waals surface area contributed by atoms with E-state index in [-0.39, 0.29) is 5.91 Å². The average molecular weight is 337 g/mol. The predicted molar refractivity (Wildman–Crippen MR) is 80.3 cm³/mol. The number of aromatic nitrogens is 1. The van der Waals surface area contributed by atoms with Crippen molar-refractivity contribution in [3.8, 4) is 0 Å². The second-order valence-electron chi connectivity index (χ2n) is 4.82. The van der Waals surface area contributed by atoms with Gasteiger partial charge in [-0.15, -0.1) is 0 Å². The van der Waals surface area contributed by atoms with Crippen molar-refractivity contribution in [2.24, 2.45) is 0 Å². The Kier molecular flexibility index (Phi) is 4.60. The summed E-state index contributed by atoms with van der Waals surface area (Å²) in [4.78, 5) is 14.0. The molecule has 4 nitrogen and oxygen atoms in total. The molecule has 1 heterocycles. The van der Waals surface area contributed by atoms with Gasteiger partial charge in [0.25, 0.3) is 0 Å². The smallest absolute Gasteiger partial charge is 0.227 e. The van der Waals surface area contributed by atoms with E-state index in [0.717, 1.165) is 21.3 Å². The maximum atomic E-state index is 12.3. The Balaban J connectivity index is 2.05. The first-order valence-corrected chi connectivity index (χ1v) is 7.17. The number of hydrogen-bond acceptors (Lipinski definition) is 3. The summed E-state index contributed by atoms with van der Waals surface area (Å²) in [5, 5.41) is 3.87. The predicted octanol–water partition coefficient (Wildman–Crippen LogP) is 3.26. The zero-order valence-corrected chi connectivity index (χ0v) is 13.4. The van der Waals surface area contributed by atoms with Gasteiger partial charge < -0.3 is 9.42 Å². The molecule has 106 valence electrons. The number of hydrogen-bond donors (Lipinski definition) is 0. The first-order chi connectivity index (χ1) is 9.49. The van der Waals surface area contributed by atoms with Crippen LogP contribution in [-0.4, -0.2) is 23.0 Å². The van der Waals surface area contributed by atoms with Crippen LogP contribution in [0.25, 0.3) is 0 Å². The van der Waals surface area contributed by atoms with Gasteiger partial charge in [-0.3, -0.25) is 4.79 Å². The molecular weight excluding hydrogens is 320 g/mol. The molecule has 1 aromatic heterocycles. The van der Waals surface area contributed by atoms with Crippen molar-refractivity contribution in [3.63, 3.8) is 0 Å². The van der Waals surface area contributed by atoms with Crippen LogP contribution in [0.5, 0.6) is 0 Å². The maximum absolute atomic E-state index is 12.3. The SMILES string of the molecule is Cc1noc(C)c1CC(=O)N(C)Cc1ccccc1Br. The topological polar surface area (TPSA) is 46.3 Å². The molecule has 0 aliphatic rings. The number of carbonyl (C=O) groups is 1. The van der Waals surface area contributed by atoms with Crippen LogP contribution < -0.4 is 0 Å². The minimum atomic E-state index is 0.0511. The van der Waals surface area contributed by atoms with Crippen molar-refractivity contribution >= 4 is 21.8 Å². The van der Waals surface area contributed by atoms with Crippen molar-refractivity contribution in [1.29, 1.82) is 0 Å². The van der Waals surface area contributed by atoms with Gasteiger partial charge in [0.1, 0.15) is 5.76 Å². The Morgan fingerprint density at radius 3 is 2.65 bits per heavy atom. The lowest BCUT2D eigenvalue weighted by Crippen LogP contribution is -2.28. The number of carbonyl (C=O) groups excluding carboxylic acids is 1. The highest BCUT2D eigenvalue weighted by Gasteiger charge is 2.17. The van der Waals surface area contributed by atoms with Crippen molar-refractivity contribution in [2.45, 2.75) is 26.8 Å². The van der Waals surface area contributed by atoms with Gasteiger partial charge in [-0.2, -0.15) is 0 Å². The number of amides is 1. The molecule has 20 heavy (non-hydrogen) atoms. The van der Waals surface area contributed by atoms with E-state index in [1.54, 1.807) is 11.9 Å². The molecule has 1 amide bonds. The third-order valence-electron chi connectivity index (χ3n) is 3.30. The third-order valence-corrected chi connectivity index (χ3v) is 4.07. The molecule has 2 rings (SSSR count). The van der Waals surface area contributed by atoms with E-state index in [1.807, 2.05) is 38.1 Å². The second kappa shape index (κ2) is 6.22. The number of rotatable bonds is 4. The summed E-state index contributed by atoms with van der Waals surface area (Å²) in [5.74, 6) is 0.764. The first-order valence-electron chi connectivity index (χ1n) is 6.38. The van der Waals surface area contributed by atoms with Crippen LogP contribution in [0.4, 0.5) is 0 Å². The molecule has 0 aliphatic carbocycles. The zero-order chi connectivity index (χ0) is 14.7. The molecule has 0 aliphatic heterocycles. The van der Waals surface area contributed by atoms with Crippen molar-refractivity contribution < 1.29 is 9.32 Å². The van der Waals surface area contributed by atoms with E-state index in [2.05, 4.69) is 21.1 Å². The van der Waals surface area contributed by atoms with Gasteiger partial charge in [0.15, 0.2) is 0 Å². The fourth-order valence-electron chi connectivity index (χ4n) is 2.01. The molecule has 0 bridgehead atoms. The fraction of sp³-hybridized carbons (Fsp3) is 0.333. The van der Waals surface area contributed by atoms with E-state index in [9.17, 15) is 4.79 Å². The Hall–Kier alpha value is -1.62. The minimum Gasteiger partial charge on any atom is -0.361 e. The number of likely N-dealkylation sites (N-methyl/N-ethyl adjacent to an activating group) is 1. The van der Waals surface area contributed by atoms with Gasteiger partial charge in [-0.05, 0) is 25.5 Å². The average Bonchev–Trinajstić information content (AvgIpc) is 2.73. The molecule has 2 aromatic rings. The molecule has 5 heteroatoms. The number of aryl methyl sites for hydroxylation is 2. The summed E-state index contributed by atoms with van der Waals surface area (Å²) < 4.78 is 6.10.